The number of hydrogen-bond donors (Lipinski definition) is 1. The van der Waals surface area contributed by atoms with Gasteiger partial charge < -0.3 is 5.73 Å². The van der Waals surface area contributed by atoms with E-state index < -0.39 is 0 Å². The smallest absolute Gasteiger partial charge is 0.208 e. The van der Waals surface area contributed by atoms with Gasteiger partial charge in [0.2, 0.25) is 5.82 Å². The number of aryl methyl sites for hydroxylation is 1. The van der Waals surface area contributed by atoms with Gasteiger partial charge in [-0.05, 0) is 12.5 Å². The standard InChI is InChI=1S/C11H12N4S/c1-8-2-4-9(5-3-8)6-15-7-13-11(14-15)10(12)16/h2-5,7H,6H2,1H3,(H2,12,16). The zero-order chi connectivity index (χ0) is 11.5. The summed E-state index contributed by atoms with van der Waals surface area (Å²) in [5.74, 6) is 0.419. The van der Waals surface area contributed by atoms with Gasteiger partial charge in [-0.3, -0.25) is 0 Å². The van der Waals surface area contributed by atoms with Crippen molar-refractivity contribution >= 4 is 17.2 Å². The predicted octanol–water partition coefficient (Wildman–Crippen LogP) is 1.27. The van der Waals surface area contributed by atoms with Crippen molar-refractivity contribution in [2.45, 2.75) is 13.5 Å². The minimum atomic E-state index is 0.225. The van der Waals surface area contributed by atoms with Gasteiger partial charge >= 0.3 is 0 Å². The monoisotopic (exact) mass is 232 g/mol. The van der Waals surface area contributed by atoms with E-state index in [4.69, 9.17) is 18.0 Å². The van der Waals surface area contributed by atoms with Gasteiger partial charge in [0, 0.05) is 0 Å². The van der Waals surface area contributed by atoms with Gasteiger partial charge in [0.25, 0.3) is 0 Å². The van der Waals surface area contributed by atoms with Crippen molar-refractivity contribution < 1.29 is 0 Å². The van der Waals surface area contributed by atoms with E-state index in [-0.39, 0.29) is 4.99 Å². The Labute approximate surface area is 99.1 Å². The summed E-state index contributed by atoms with van der Waals surface area (Å²) >= 11 is 4.80. The van der Waals surface area contributed by atoms with E-state index in [1.54, 1.807) is 11.0 Å². The van der Waals surface area contributed by atoms with Crippen LogP contribution < -0.4 is 5.73 Å². The molecule has 2 N–H and O–H groups in total. The highest BCUT2D eigenvalue weighted by molar-refractivity contribution is 7.80. The Kier molecular flexibility index (Phi) is 2.96. The average molecular weight is 232 g/mol. The largest absolute Gasteiger partial charge is 0.387 e. The second kappa shape index (κ2) is 4.40. The summed E-state index contributed by atoms with van der Waals surface area (Å²) in [6.45, 7) is 2.74. The molecular formula is C11H12N4S. The zero-order valence-electron chi connectivity index (χ0n) is 8.92. The van der Waals surface area contributed by atoms with Crippen LogP contribution in [0.4, 0.5) is 0 Å². The number of hydrogen-bond acceptors (Lipinski definition) is 3. The predicted molar refractivity (Wildman–Crippen MR) is 66.2 cm³/mol. The Hall–Kier alpha value is -1.75. The summed E-state index contributed by atoms with van der Waals surface area (Å²) in [5.41, 5.74) is 7.85. The van der Waals surface area contributed by atoms with E-state index in [9.17, 15) is 0 Å². The Bertz CT molecular complexity index is 501. The molecule has 0 spiro atoms. The van der Waals surface area contributed by atoms with Gasteiger partial charge in [-0.2, -0.15) is 0 Å². The molecule has 1 aromatic heterocycles. The Morgan fingerprint density at radius 3 is 2.62 bits per heavy atom. The van der Waals surface area contributed by atoms with E-state index in [1.165, 1.54) is 11.1 Å². The van der Waals surface area contributed by atoms with Crippen molar-refractivity contribution in [2.75, 3.05) is 0 Å². The molecule has 0 unspecified atom stereocenters. The van der Waals surface area contributed by atoms with Crippen molar-refractivity contribution in [2.24, 2.45) is 5.73 Å². The van der Waals surface area contributed by atoms with Gasteiger partial charge in [0.1, 0.15) is 11.3 Å². The molecule has 0 bridgehead atoms. The first-order valence-electron chi connectivity index (χ1n) is 4.90. The SMILES string of the molecule is Cc1ccc(Cn2cnc(C(N)=S)n2)cc1. The maximum atomic E-state index is 5.43. The first-order valence-corrected chi connectivity index (χ1v) is 5.31. The highest BCUT2D eigenvalue weighted by Crippen LogP contribution is 2.04. The fraction of sp³-hybridized carbons (Fsp3) is 0.182. The van der Waals surface area contributed by atoms with Crippen molar-refractivity contribution in [3.05, 3.63) is 47.5 Å². The Morgan fingerprint density at radius 2 is 2.06 bits per heavy atom. The van der Waals surface area contributed by atoms with Crippen LogP contribution in [-0.2, 0) is 6.54 Å². The van der Waals surface area contributed by atoms with E-state index >= 15 is 0 Å². The highest BCUT2D eigenvalue weighted by atomic mass is 32.1. The van der Waals surface area contributed by atoms with Crippen molar-refractivity contribution in [1.29, 1.82) is 0 Å². The molecule has 0 saturated heterocycles. The molecule has 1 aromatic carbocycles. The lowest BCUT2D eigenvalue weighted by Gasteiger charge is -2.01. The van der Waals surface area contributed by atoms with Crippen LogP contribution in [0.25, 0.3) is 0 Å². The topological polar surface area (TPSA) is 56.7 Å². The molecule has 2 aromatic rings. The molecule has 0 aliphatic rings. The second-order valence-electron chi connectivity index (χ2n) is 3.62. The van der Waals surface area contributed by atoms with Gasteiger partial charge in [0.15, 0.2) is 0 Å². The van der Waals surface area contributed by atoms with Gasteiger partial charge in [-0.1, -0.05) is 42.0 Å². The molecule has 0 atom stereocenters. The molecular weight excluding hydrogens is 220 g/mol. The first kappa shape index (κ1) is 10.8. The third kappa shape index (κ3) is 2.43. The van der Waals surface area contributed by atoms with Crippen molar-refractivity contribution in [3.63, 3.8) is 0 Å². The lowest BCUT2D eigenvalue weighted by atomic mass is 10.1. The second-order valence-corrected chi connectivity index (χ2v) is 4.06. The van der Waals surface area contributed by atoms with Crippen LogP contribution in [-0.4, -0.2) is 19.8 Å². The third-order valence-electron chi connectivity index (χ3n) is 2.22. The number of benzene rings is 1. The summed E-state index contributed by atoms with van der Waals surface area (Å²) in [7, 11) is 0. The molecule has 82 valence electrons. The summed E-state index contributed by atoms with van der Waals surface area (Å²) in [6.07, 6.45) is 1.63. The quantitative estimate of drug-likeness (QED) is 0.810. The summed E-state index contributed by atoms with van der Waals surface area (Å²) in [4.78, 5) is 4.24. The van der Waals surface area contributed by atoms with E-state index in [0.29, 0.717) is 12.4 Å². The van der Waals surface area contributed by atoms with Crippen molar-refractivity contribution in [3.8, 4) is 0 Å². The minimum absolute atomic E-state index is 0.225. The highest BCUT2D eigenvalue weighted by Gasteiger charge is 2.03. The fourth-order valence-corrected chi connectivity index (χ4v) is 1.46. The molecule has 1 heterocycles. The summed E-state index contributed by atoms with van der Waals surface area (Å²) in [5, 5.41) is 4.17. The van der Waals surface area contributed by atoms with Crippen LogP contribution in [0.2, 0.25) is 0 Å². The van der Waals surface area contributed by atoms with Gasteiger partial charge in [0.05, 0.1) is 6.54 Å². The summed E-state index contributed by atoms with van der Waals surface area (Å²) in [6, 6.07) is 8.27. The van der Waals surface area contributed by atoms with E-state index in [0.717, 1.165) is 0 Å². The first-order chi connectivity index (χ1) is 7.65. The van der Waals surface area contributed by atoms with Crippen LogP contribution in [0.15, 0.2) is 30.6 Å². The number of aromatic nitrogens is 3. The molecule has 0 aliphatic carbocycles. The van der Waals surface area contributed by atoms with Crippen LogP contribution in [0.1, 0.15) is 17.0 Å². The molecule has 2 rings (SSSR count). The molecule has 0 fully saturated rings. The van der Waals surface area contributed by atoms with Crippen LogP contribution in [0, 0.1) is 6.92 Å². The lowest BCUT2D eigenvalue weighted by Crippen LogP contribution is -2.12. The molecule has 16 heavy (non-hydrogen) atoms. The molecule has 0 aliphatic heterocycles. The Balaban J connectivity index is 2.14. The van der Waals surface area contributed by atoms with Crippen molar-refractivity contribution in [1.82, 2.24) is 14.8 Å². The molecule has 0 radical (unpaired) electrons. The maximum Gasteiger partial charge on any atom is 0.208 e. The maximum absolute atomic E-state index is 5.43. The number of thiocarbonyl (C=S) groups is 1. The molecule has 4 nitrogen and oxygen atoms in total. The van der Waals surface area contributed by atoms with Crippen LogP contribution >= 0.6 is 12.2 Å². The normalized spacial score (nSPS) is 10.3. The zero-order valence-corrected chi connectivity index (χ0v) is 9.74. The van der Waals surface area contributed by atoms with Gasteiger partial charge in [-0.25, -0.2) is 9.67 Å². The summed E-state index contributed by atoms with van der Waals surface area (Å²) < 4.78 is 1.72. The van der Waals surface area contributed by atoms with Crippen LogP contribution in [0.5, 0.6) is 0 Å². The fourth-order valence-electron chi connectivity index (χ4n) is 1.36. The average Bonchev–Trinajstić information content (AvgIpc) is 2.70. The van der Waals surface area contributed by atoms with Crippen LogP contribution in [0.3, 0.4) is 0 Å². The van der Waals surface area contributed by atoms with E-state index in [1.807, 2.05) is 0 Å². The number of rotatable bonds is 3. The van der Waals surface area contributed by atoms with E-state index in [2.05, 4.69) is 41.3 Å². The number of nitrogens with zero attached hydrogens (tertiary/aromatic N) is 3. The minimum Gasteiger partial charge on any atom is -0.387 e. The third-order valence-corrected chi connectivity index (χ3v) is 2.40. The molecule has 0 amide bonds. The number of nitrogens with two attached hydrogens (primary N) is 1. The molecule has 0 saturated carbocycles. The van der Waals surface area contributed by atoms with Gasteiger partial charge in [-0.15, -0.1) is 5.10 Å². The Morgan fingerprint density at radius 1 is 1.38 bits per heavy atom. The lowest BCUT2D eigenvalue weighted by molar-refractivity contribution is 0.683. The molecule has 5 heteroatoms.